The lowest BCUT2D eigenvalue weighted by atomic mass is 10.3. The lowest BCUT2D eigenvalue weighted by molar-refractivity contribution is 0.0269. The Morgan fingerprint density at radius 2 is 1.58 bits per heavy atom. The van der Waals surface area contributed by atoms with Crippen LogP contribution in [0.5, 0.6) is 0 Å². The van der Waals surface area contributed by atoms with E-state index in [0.29, 0.717) is 25.8 Å². The van der Waals surface area contributed by atoms with E-state index in [1.165, 1.54) is 0 Å². The molecule has 0 aliphatic carbocycles. The summed E-state index contributed by atoms with van der Waals surface area (Å²) >= 11 is 0. The minimum absolute atomic E-state index is 0.00402. The SMILES string of the molecule is CCCO[Si](CC(C)N)(OCCC)OC(CC)CN. The van der Waals surface area contributed by atoms with Crippen molar-refractivity contribution in [3.05, 3.63) is 0 Å². The molecule has 0 rings (SSSR count). The minimum Gasteiger partial charge on any atom is -0.373 e. The topological polar surface area (TPSA) is 79.7 Å². The fourth-order valence-corrected chi connectivity index (χ4v) is 4.88. The predicted molar refractivity (Wildman–Crippen MR) is 80.9 cm³/mol. The summed E-state index contributed by atoms with van der Waals surface area (Å²) in [5.74, 6) is 0. The Hall–Kier alpha value is 0.0169. The zero-order chi connectivity index (χ0) is 14.7. The molecule has 0 fully saturated rings. The van der Waals surface area contributed by atoms with Crippen molar-refractivity contribution in [1.82, 2.24) is 0 Å². The monoisotopic (exact) mass is 292 g/mol. The first kappa shape index (κ1) is 19.0. The van der Waals surface area contributed by atoms with Crippen molar-refractivity contribution >= 4 is 8.80 Å². The van der Waals surface area contributed by atoms with Crippen molar-refractivity contribution in [3.63, 3.8) is 0 Å². The average Bonchev–Trinajstić information content (AvgIpc) is 2.39. The van der Waals surface area contributed by atoms with E-state index < -0.39 is 8.80 Å². The van der Waals surface area contributed by atoms with Gasteiger partial charge in [-0.05, 0) is 26.2 Å². The molecule has 0 aromatic rings. The molecule has 0 radical (unpaired) electrons. The fourth-order valence-electron chi connectivity index (χ4n) is 1.74. The summed E-state index contributed by atoms with van der Waals surface area (Å²) in [6.07, 6.45) is 2.71. The van der Waals surface area contributed by atoms with Gasteiger partial charge in [0.25, 0.3) is 0 Å². The molecule has 4 N–H and O–H groups in total. The zero-order valence-corrected chi connectivity index (χ0v) is 14.0. The fraction of sp³-hybridized carbons (Fsp3) is 1.00. The molecule has 0 saturated heterocycles. The van der Waals surface area contributed by atoms with Gasteiger partial charge in [0.05, 0.1) is 6.10 Å². The summed E-state index contributed by atoms with van der Waals surface area (Å²) in [7, 11) is -2.71. The molecule has 19 heavy (non-hydrogen) atoms. The third kappa shape index (κ3) is 8.01. The number of hydrogen-bond donors (Lipinski definition) is 2. The molecule has 2 atom stereocenters. The first-order valence-electron chi connectivity index (χ1n) is 7.44. The molecule has 0 heterocycles. The van der Waals surface area contributed by atoms with E-state index >= 15 is 0 Å². The second-order valence-corrected chi connectivity index (χ2v) is 7.53. The maximum atomic E-state index is 6.14. The van der Waals surface area contributed by atoms with Gasteiger partial charge in [0.2, 0.25) is 0 Å². The molecule has 0 aliphatic heterocycles. The zero-order valence-electron chi connectivity index (χ0n) is 13.0. The van der Waals surface area contributed by atoms with Gasteiger partial charge >= 0.3 is 8.80 Å². The van der Waals surface area contributed by atoms with Gasteiger partial charge in [-0.1, -0.05) is 20.8 Å². The molecule has 5 nitrogen and oxygen atoms in total. The van der Waals surface area contributed by atoms with E-state index in [2.05, 4.69) is 20.8 Å². The van der Waals surface area contributed by atoms with E-state index in [0.717, 1.165) is 19.3 Å². The van der Waals surface area contributed by atoms with Gasteiger partial charge < -0.3 is 24.7 Å². The van der Waals surface area contributed by atoms with E-state index in [1.807, 2.05) is 6.92 Å². The molecule has 0 bridgehead atoms. The van der Waals surface area contributed by atoms with E-state index in [-0.39, 0.29) is 12.1 Å². The molecule has 2 unspecified atom stereocenters. The largest absolute Gasteiger partial charge is 0.502 e. The molecule has 0 amide bonds. The Kier molecular flexibility index (Phi) is 10.8. The van der Waals surface area contributed by atoms with Gasteiger partial charge in [0.1, 0.15) is 0 Å². The molecule has 0 aliphatic rings. The molecule has 116 valence electrons. The summed E-state index contributed by atoms with van der Waals surface area (Å²) < 4.78 is 18.1. The van der Waals surface area contributed by atoms with E-state index in [4.69, 9.17) is 24.7 Å². The van der Waals surface area contributed by atoms with Crippen LogP contribution in [0.3, 0.4) is 0 Å². The highest BCUT2D eigenvalue weighted by atomic mass is 28.4. The first-order valence-corrected chi connectivity index (χ1v) is 9.38. The Balaban J connectivity index is 4.85. The number of hydrogen-bond acceptors (Lipinski definition) is 5. The average molecular weight is 292 g/mol. The maximum absolute atomic E-state index is 6.14. The van der Waals surface area contributed by atoms with Crippen molar-refractivity contribution < 1.29 is 13.3 Å². The predicted octanol–water partition coefficient (Wildman–Crippen LogP) is 1.88. The van der Waals surface area contributed by atoms with Gasteiger partial charge in [-0.25, -0.2) is 0 Å². The smallest absolute Gasteiger partial charge is 0.373 e. The van der Waals surface area contributed by atoms with Gasteiger partial charge in [-0.2, -0.15) is 0 Å². The summed E-state index contributed by atoms with van der Waals surface area (Å²) in [4.78, 5) is 0. The Bertz CT molecular complexity index is 206. The van der Waals surface area contributed by atoms with Gasteiger partial charge in [-0.15, -0.1) is 0 Å². The van der Waals surface area contributed by atoms with Gasteiger partial charge in [0.15, 0.2) is 0 Å². The highest BCUT2D eigenvalue weighted by Crippen LogP contribution is 2.21. The third-order valence-corrected chi connectivity index (χ3v) is 5.81. The van der Waals surface area contributed by atoms with E-state index in [1.54, 1.807) is 0 Å². The lowest BCUT2D eigenvalue weighted by Gasteiger charge is -2.33. The lowest BCUT2D eigenvalue weighted by Crippen LogP contribution is -2.52. The summed E-state index contributed by atoms with van der Waals surface area (Å²) in [5.41, 5.74) is 11.7. The first-order chi connectivity index (χ1) is 9.03. The van der Waals surface area contributed by atoms with Crippen LogP contribution in [0.1, 0.15) is 47.0 Å². The molecular formula is C13H32N2O3Si. The second-order valence-electron chi connectivity index (χ2n) is 4.95. The Labute approximate surface area is 119 Å². The van der Waals surface area contributed by atoms with Crippen molar-refractivity contribution in [2.24, 2.45) is 11.5 Å². The second kappa shape index (κ2) is 10.8. The molecule has 0 saturated carbocycles. The van der Waals surface area contributed by atoms with Crippen LogP contribution >= 0.6 is 0 Å². The number of nitrogens with two attached hydrogens (primary N) is 2. The van der Waals surface area contributed by atoms with Crippen molar-refractivity contribution in [2.45, 2.75) is 65.1 Å². The highest BCUT2D eigenvalue weighted by molar-refractivity contribution is 6.61. The van der Waals surface area contributed by atoms with Crippen LogP contribution in [0.2, 0.25) is 6.04 Å². The highest BCUT2D eigenvalue weighted by Gasteiger charge is 2.43. The molecular weight excluding hydrogens is 260 g/mol. The van der Waals surface area contributed by atoms with Crippen LogP contribution in [0.25, 0.3) is 0 Å². The van der Waals surface area contributed by atoms with Crippen LogP contribution in [-0.4, -0.2) is 40.7 Å². The van der Waals surface area contributed by atoms with Crippen LogP contribution in [-0.2, 0) is 13.3 Å². The van der Waals surface area contributed by atoms with E-state index in [9.17, 15) is 0 Å². The van der Waals surface area contributed by atoms with Crippen molar-refractivity contribution in [3.8, 4) is 0 Å². The minimum atomic E-state index is -2.71. The normalized spacial score (nSPS) is 15.5. The summed E-state index contributed by atoms with van der Waals surface area (Å²) in [5, 5.41) is 0. The van der Waals surface area contributed by atoms with Crippen LogP contribution in [0, 0.1) is 0 Å². The van der Waals surface area contributed by atoms with Crippen molar-refractivity contribution in [2.75, 3.05) is 19.8 Å². The van der Waals surface area contributed by atoms with Gasteiger partial charge in [0, 0.05) is 31.8 Å². The van der Waals surface area contributed by atoms with Crippen LogP contribution < -0.4 is 11.5 Å². The van der Waals surface area contributed by atoms with Crippen LogP contribution in [0.15, 0.2) is 0 Å². The summed E-state index contributed by atoms with van der Waals surface area (Å²) in [6.45, 7) is 9.93. The Morgan fingerprint density at radius 3 is 1.89 bits per heavy atom. The van der Waals surface area contributed by atoms with Crippen LogP contribution in [0.4, 0.5) is 0 Å². The quantitative estimate of drug-likeness (QED) is 0.537. The maximum Gasteiger partial charge on any atom is 0.502 e. The van der Waals surface area contributed by atoms with Gasteiger partial charge in [-0.3, -0.25) is 0 Å². The molecule has 6 heteroatoms. The Morgan fingerprint density at radius 1 is 1.05 bits per heavy atom. The molecule has 0 aromatic heterocycles. The standard InChI is InChI=1S/C13H32N2O3Si/c1-5-8-16-19(11-12(4)15,17-9-6-2)18-13(7-3)10-14/h12-13H,5-11,14-15H2,1-4H3. The number of rotatable bonds is 12. The molecule has 0 aromatic carbocycles. The summed E-state index contributed by atoms with van der Waals surface area (Å²) in [6, 6.07) is 0.638. The van der Waals surface area contributed by atoms with Crippen molar-refractivity contribution in [1.29, 1.82) is 0 Å². The third-order valence-electron chi connectivity index (χ3n) is 2.69. The molecule has 0 spiro atoms.